The first kappa shape index (κ1) is 18.7. The van der Waals surface area contributed by atoms with Crippen molar-refractivity contribution in [2.75, 3.05) is 19.5 Å². The molecular formula is C18H18ClN5O3. The second kappa shape index (κ2) is 8.05. The number of carbonyl (C=O) groups excluding carboxylic acids is 1. The molecule has 9 heteroatoms. The molecule has 0 saturated heterocycles. The van der Waals surface area contributed by atoms with E-state index in [1.54, 1.807) is 57.5 Å². The van der Waals surface area contributed by atoms with Gasteiger partial charge in [0.2, 0.25) is 5.82 Å². The first-order valence-electron chi connectivity index (χ1n) is 8.09. The van der Waals surface area contributed by atoms with Gasteiger partial charge in [0.1, 0.15) is 17.5 Å². The molecule has 0 aliphatic heterocycles. The number of aromatic nitrogens is 4. The van der Waals surface area contributed by atoms with Crippen molar-refractivity contribution in [1.29, 1.82) is 0 Å². The van der Waals surface area contributed by atoms with E-state index in [9.17, 15) is 4.79 Å². The number of halogens is 1. The molecule has 3 rings (SSSR count). The lowest BCUT2D eigenvalue weighted by atomic mass is 10.2. The summed E-state index contributed by atoms with van der Waals surface area (Å²) in [7, 11) is 3.08. The summed E-state index contributed by atoms with van der Waals surface area (Å²) >= 11 is 5.99. The second-order valence-corrected chi connectivity index (χ2v) is 6.15. The van der Waals surface area contributed by atoms with E-state index in [0.29, 0.717) is 28.0 Å². The van der Waals surface area contributed by atoms with Gasteiger partial charge in [0.15, 0.2) is 0 Å². The highest BCUT2D eigenvalue weighted by Crippen LogP contribution is 2.26. The maximum atomic E-state index is 12.6. The third-order valence-electron chi connectivity index (χ3n) is 3.86. The Morgan fingerprint density at radius 2 is 1.85 bits per heavy atom. The van der Waals surface area contributed by atoms with Crippen molar-refractivity contribution in [3.63, 3.8) is 0 Å². The van der Waals surface area contributed by atoms with Crippen molar-refractivity contribution in [3.8, 4) is 22.9 Å². The van der Waals surface area contributed by atoms with Crippen LogP contribution < -0.4 is 14.8 Å². The molecule has 1 heterocycles. The van der Waals surface area contributed by atoms with Gasteiger partial charge < -0.3 is 14.8 Å². The number of rotatable bonds is 6. The molecule has 1 N–H and O–H groups in total. The number of benzene rings is 2. The molecule has 140 valence electrons. The summed E-state index contributed by atoms with van der Waals surface area (Å²) in [5.74, 6) is 1.22. The number of tetrazole rings is 1. The summed E-state index contributed by atoms with van der Waals surface area (Å²) in [6.07, 6.45) is 0. The van der Waals surface area contributed by atoms with Crippen LogP contribution >= 0.6 is 11.6 Å². The van der Waals surface area contributed by atoms with Crippen LogP contribution in [0.25, 0.3) is 11.4 Å². The SMILES string of the molecule is COc1cc(NC(=O)C(C)n2nnc(-c3cccc(Cl)c3)n2)cc(OC)c1. The number of nitrogens with one attached hydrogen (secondary N) is 1. The Morgan fingerprint density at radius 1 is 1.15 bits per heavy atom. The monoisotopic (exact) mass is 387 g/mol. The Hall–Kier alpha value is -3.13. The third kappa shape index (κ3) is 4.35. The van der Waals surface area contributed by atoms with Crippen molar-refractivity contribution in [2.45, 2.75) is 13.0 Å². The van der Waals surface area contributed by atoms with E-state index in [4.69, 9.17) is 21.1 Å². The Kier molecular flexibility index (Phi) is 5.56. The summed E-state index contributed by atoms with van der Waals surface area (Å²) in [5, 5.41) is 15.6. The lowest BCUT2D eigenvalue weighted by Gasteiger charge is -2.13. The summed E-state index contributed by atoms with van der Waals surface area (Å²) in [6.45, 7) is 1.68. The van der Waals surface area contributed by atoms with Crippen LogP contribution in [-0.4, -0.2) is 40.3 Å². The molecule has 0 bridgehead atoms. The van der Waals surface area contributed by atoms with Gasteiger partial charge in [-0.2, -0.15) is 4.80 Å². The topological polar surface area (TPSA) is 91.2 Å². The van der Waals surface area contributed by atoms with Crippen LogP contribution in [0.1, 0.15) is 13.0 Å². The maximum absolute atomic E-state index is 12.6. The van der Waals surface area contributed by atoms with E-state index >= 15 is 0 Å². The van der Waals surface area contributed by atoms with Crippen molar-refractivity contribution in [3.05, 3.63) is 47.5 Å². The number of methoxy groups -OCH3 is 2. The smallest absolute Gasteiger partial charge is 0.250 e. The lowest BCUT2D eigenvalue weighted by molar-refractivity contribution is -0.119. The van der Waals surface area contributed by atoms with E-state index in [1.165, 1.54) is 4.80 Å². The fraction of sp³-hybridized carbons (Fsp3) is 0.222. The Bertz CT molecular complexity index is 937. The second-order valence-electron chi connectivity index (χ2n) is 5.71. The van der Waals surface area contributed by atoms with Gasteiger partial charge in [-0.25, -0.2) is 0 Å². The van der Waals surface area contributed by atoms with Crippen LogP contribution in [0.4, 0.5) is 5.69 Å². The van der Waals surface area contributed by atoms with Gasteiger partial charge >= 0.3 is 0 Å². The summed E-state index contributed by atoms with van der Waals surface area (Å²) in [5.41, 5.74) is 1.26. The molecule has 0 aliphatic carbocycles. The Balaban J connectivity index is 1.76. The number of amides is 1. The molecule has 2 aromatic carbocycles. The van der Waals surface area contributed by atoms with Gasteiger partial charge in [0.25, 0.3) is 5.91 Å². The van der Waals surface area contributed by atoms with Crippen molar-refractivity contribution in [2.24, 2.45) is 0 Å². The molecule has 1 unspecified atom stereocenters. The lowest BCUT2D eigenvalue weighted by Crippen LogP contribution is -2.25. The highest BCUT2D eigenvalue weighted by molar-refractivity contribution is 6.30. The zero-order valence-electron chi connectivity index (χ0n) is 15.0. The molecule has 1 aromatic heterocycles. The van der Waals surface area contributed by atoms with Gasteiger partial charge in [-0.05, 0) is 24.3 Å². The van der Waals surface area contributed by atoms with E-state index in [0.717, 1.165) is 5.56 Å². The summed E-state index contributed by atoms with van der Waals surface area (Å²) in [6, 6.07) is 11.5. The number of carbonyl (C=O) groups is 1. The molecule has 8 nitrogen and oxygen atoms in total. The average Bonchev–Trinajstić information content (AvgIpc) is 3.17. The molecule has 0 spiro atoms. The highest BCUT2D eigenvalue weighted by Gasteiger charge is 2.19. The van der Waals surface area contributed by atoms with E-state index < -0.39 is 6.04 Å². The fourth-order valence-corrected chi connectivity index (χ4v) is 2.55. The molecule has 0 saturated carbocycles. The molecule has 3 aromatic rings. The van der Waals surface area contributed by atoms with Gasteiger partial charge in [-0.1, -0.05) is 23.7 Å². The molecule has 0 radical (unpaired) electrons. The highest BCUT2D eigenvalue weighted by atomic mass is 35.5. The zero-order valence-corrected chi connectivity index (χ0v) is 15.8. The number of nitrogens with zero attached hydrogens (tertiary/aromatic N) is 4. The Morgan fingerprint density at radius 3 is 2.48 bits per heavy atom. The zero-order chi connectivity index (χ0) is 19.4. The van der Waals surface area contributed by atoms with Crippen LogP contribution in [0.2, 0.25) is 5.02 Å². The first-order valence-corrected chi connectivity index (χ1v) is 8.47. The van der Waals surface area contributed by atoms with Gasteiger partial charge in [0, 0.05) is 34.5 Å². The summed E-state index contributed by atoms with van der Waals surface area (Å²) < 4.78 is 10.4. The van der Waals surface area contributed by atoms with Gasteiger partial charge in [-0.15, -0.1) is 10.2 Å². The third-order valence-corrected chi connectivity index (χ3v) is 4.09. The fourth-order valence-electron chi connectivity index (χ4n) is 2.36. The largest absolute Gasteiger partial charge is 0.497 e. The molecule has 0 fully saturated rings. The van der Waals surface area contributed by atoms with Crippen LogP contribution in [0.5, 0.6) is 11.5 Å². The number of hydrogen-bond acceptors (Lipinski definition) is 6. The minimum absolute atomic E-state index is 0.305. The van der Waals surface area contributed by atoms with Crippen molar-refractivity contribution >= 4 is 23.2 Å². The van der Waals surface area contributed by atoms with Crippen LogP contribution in [0, 0.1) is 0 Å². The van der Waals surface area contributed by atoms with E-state index in [1.807, 2.05) is 6.07 Å². The Labute approximate surface area is 161 Å². The molecule has 0 aliphatic rings. The van der Waals surface area contributed by atoms with E-state index in [-0.39, 0.29) is 5.91 Å². The van der Waals surface area contributed by atoms with Crippen LogP contribution in [0.15, 0.2) is 42.5 Å². The minimum atomic E-state index is -0.678. The van der Waals surface area contributed by atoms with Crippen molar-refractivity contribution in [1.82, 2.24) is 20.2 Å². The predicted octanol–water partition coefficient (Wildman–Crippen LogP) is 3.21. The number of anilines is 1. The minimum Gasteiger partial charge on any atom is -0.497 e. The van der Waals surface area contributed by atoms with Crippen LogP contribution in [-0.2, 0) is 4.79 Å². The first-order chi connectivity index (χ1) is 13.0. The van der Waals surface area contributed by atoms with E-state index in [2.05, 4.69) is 20.7 Å². The van der Waals surface area contributed by atoms with Crippen LogP contribution in [0.3, 0.4) is 0 Å². The molecular weight excluding hydrogens is 370 g/mol. The van der Waals surface area contributed by atoms with Gasteiger partial charge in [0.05, 0.1) is 14.2 Å². The number of ether oxygens (including phenoxy) is 2. The quantitative estimate of drug-likeness (QED) is 0.698. The van der Waals surface area contributed by atoms with Crippen molar-refractivity contribution < 1.29 is 14.3 Å². The normalized spacial score (nSPS) is 11.7. The van der Waals surface area contributed by atoms with Gasteiger partial charge in [-0.3, -0.25) is 4.79 Å². The number of hydrogen-bond donors (Lipinski definition) is 1. The average molecular weight is 388 g/mol. The molecule has 27 heavy (non-hydrogen) atoms. The summed E-state index contributed by atoms with van der Waals surface area (Å²) in [4.78, 5) is 13.8. The standard InChI is InChI=1S/C18H18ClN5O3/c1-11(18(25)20-14-8-15(26-2)10-16(9-14)27-3)24-22-17(21-23-24)12-5-4-6-13(19)7-12/h4-11H,1-3H3,(H,20,25). The maximum Gasteiger partial charge on any atom is 0.250 e. The predicted molar refractivity (Wildman–Crippen MR) is 101 cm³/mol. The molecule has 1 amide bonds. The molecule has 1 atom stereocenters.